The summed E-state index contributed by atoms with van der Waals surface area (Å²) in [6.45, 7) is 3.66. The van der Waals surface area contributed by atoms with Crippen LogP contribution in [0.2, 0.25) is 0 Å². The minimum absolute atomic E-state index is 0. The highest BCUT2D eigenvalue weighted by Crippen LogP contribution is 2.27. The van der Waals surface area contributed by atoms with Crippen LogP contribution in [0.5, 0.6) is 0 Å². The highest BCUT2D eigenvalue weighted by Gasteiger charge is 2.25. The average molecular weight is 410 g/mol. The first-order chi connectivity index (χ1) is 12.7. The van der Waals surface area contributed by atoms with Gasteiger partial charge >= 0.3 is 0 Å². The van der Waals surface area contributed by atoms with Crippen molar-refractivity contribution in [3.63, 3.8) is 0 Å². The summed E-state index contributed by atoms with van der Waals surface area (Å²) in [6.07, 6.45) is 2.01. The molecule has 146 valence electrons. The molecule has 2 fully saturated rings. The van der Waals surface area contributed by atoms with Gasteiger partial charge in [-0.3, -0.25) is 4.79 Å². The van der Waals surface area contributed by atoms with E-state index < -0.39 is 0 Å². The van der Waals surface area contributed by atoms with Crippen LogP contribution < -0.4 is 15.5 Å². The van der Waals surface area contributed by atoms with E-state index in [0.29, 0.717) is 11.0 Å². The Labute approximate surface area is 168 Å². The van der Waals surface area contributed by atoms with Gasteiger partial charge in [-0.1, -0.05) is 6.07 Å². The number of amides is 1. The molecule has 2 aromatic heterocycles. The second-order valence-corrected chi connectivity index (χ2v) is 7.62. The molecule has 0 aromatic carbocycles. The molecule has 1 amide bonds. The van der Waals surface area contributed by atoms with Gasteiger partial charge in [0.2, 0.25) is 5.91 Å². The van der Waals surface area contributed by atoms with E-state index >= 15 is 0 Å². The molecule has 2 N–H and O–H groups in total. The van der Waals surface area contributed by atoms with Crippen molar-refractivity contribution in [1.29, 1.82) is 0 Å². The van der Waals surface area contributed by atoms with Gasteiger partial charge in [0, 0.05) is 31.5 Å². The summed E-state index contributed by atoms with van der Waals surface area (Å²) in [6, 6.07) is 5.92. The third-order valence-electron chi connectivity index (χ3n) is 4.88. The Kier molecular flexibility index (Phi) is 6.64. The van der Waals surface area contributed by atoms with E-state index in [1.165, 1.54) is 11.3 Å². The fourth-order valence-corrected chi connectivity index (χ4v) is 4.02. The lowest BCUT2D eigenvalue weighted by Gasteiger charge is -2.25. The Bertz CT molecular complexity index is 783. The van der Waals surface area contributed by atoms with Crippen LogP contribution in [0.15, 0.2) is 23.6 Å². The summed E-state index contributed by atoms with van der Waals surface area (Å²) in [5.74, 6) is 1.52. The molecule has 0 aliphatic carbocycles. The number of methoxy groups -OCH3 is 1. The highest BCUT2D eigenvalue weighted by atomic mass is 35.5. The number of nitrogens with one attached hydrogen (secondary N) is 2. The molecule has 2 aliphatic rings. The molecule has 0 spiro atoms. The molecule has 7 nitrogen and oxygen atoms in total. The third kappa shape index (κ3) is 4.57. The summed E-state index contributed by atoms with van der Waals surface area (Å²) in [7, 11) is 1.75. The molecule has 2 saturated heterocycles. The summed E-state index contributed by atoms with van der Waals surface area (Å²) < 4.78 is 5.27. The van der Waals surface area contributed by atoms with Crippen LogP contribution >= 0.6 is 23.7 Å². The maximum atomic E-state index is 12.0. The van der Waals surface area contributed by atoms with Crippen LogP contribution in [0.3, 0.4) is 0 Å². The number of hydrogen-bond donors (Lipinski definition) is 2. The van der Waals surface area contributed by atoms with E-state index in [1.54, 1.807) is 7.11 Å². The molecule has 4 rings (SSSR count). The molecular weight excluding hydrogens is 386 g/mol. The average Bonchev–Trinajstić information content (AvgIpc) is 3.23. The van der Waals surface area contributed by atoms with Gasteiger partial charge in [0.05, 0.1) is 18.3 Å². The van der Waals surface area contributed by atoms with Crippen molar-refractivity contribution in [2.75, 3.05) is 43.6 Å². The summed E-state index contributed by atoms with van der Waals surface area (Å²) in [5.41, 5.74) is 1.62. The van der Waals surface area contributed by atoms with Gasteiger partial charge in [0.25, 0.3) is 0 Å². The summed E-state index contributed by atoms with van der Waals surface area (Å²) in [5, 5.41) is 8.53. The second kappa shape index (κ2) is 8.97. The largest absolute Gasteiger partial charge is 0.384 e. The van der Waals surface area contributed by atoms with Crippen LogP contribution in [0.1, 0.15) is 12.8 Å². The monoisotopic (exact) mass is 409 g/mol. The standard InChI is InChI=1S/C18H23N5O2S.ClH/c1-25-10-12-6-8-23(9-12)16-4-2-3-13(20-16)15-11-26-18(21-15)22-17(24)14-5-7-19-14;/h2-4,11-12,14,19H,5-10H2,1H3,(H,21,22,24);1H/t12-,14+;/m1./s1. The minimum atomic E-state index is -0.0842. The topological polar surface area (TPSA) is 79.4 Å². The number of hydrogen-bond acceptors (Lipinski definition) is 7. The Balaban J connectivity index is 0.00000210. The minimum Gasteiger partial charge on any atom is -0.384 e. The van der Waals surface area contributed by atoms with E-state index in [9.17, 15) is 4.79 Å². The number of thiazole rings is 1. The molecule has 0 bridgehead atoms. The van der Waals surface area contributed by atoms with Crippen LogP contribution in [-0.4, -0.2) is 55.3 Å². The Morgan fingerprint density at radius 2 is 2.22 bits per heavy atom. The molecule has 0 unspecified atom stereocenters. The molecule has 4 heterocycles. The number of aromatic nitrogens is 2. The van der Waals surface area contributed by atoms with Gasteiger partial charge in [-0.2, -0.15) is 0 Å². The van der Waals surface area contributed by atoms with Crippen molar-refractivity contribution < 1.29 is 9.53 Å². The van der Waals surface area contributed by atoms with Gasteiger partial charge in [0.1, 0.15) is 11.5 Å². The van der Waals surface area contributed by atoms with E-state index in [1.807, 2.05) is 23.6 Å². The van der Waals surface area contributed by atoms with Crippen LogP contribution in [0.4, 0.5) is 10.9 Å². The quantitative estimate of drug-likeness (QED) is 0.762. The first kappa shape index (κ1) is 20.0. The summed E-state index contributed by atoms with van der Waals surface area (Å²) in [4.78, 5) is 23.6. The predicted molar refractivity (Wildman–Crippen MR) is 110 cm³/mol. The summed E-state index contributed by atoms with van der Waals surface area (Å²) >= 11 is 1.43. The van der Waals surface area contributed by atoms with Crippen molar-refractivity contribution in [3.8, 4) is 11.4 Å². The molecule has 9 heteroatoms. The smallest absolute Gasteiger partial charge is 0.243 e. The lowest BCUT2D eigenvalue weighted by Crippen LogP contribution is -2.50. The molecule has 2 aromatic rings. The van der Waals surface area contributed by atoms with E-state index in [-0.39, 0.29) is 24.4 Å². The van der Waals surface area contributed by atoms with Gasteiger partial charge in [-0.15, -0.1) is 23.7 Å². The highest BCUT2D eigenvalue weighted by molar-refractivity contribution is 7.14. The fraction of sp³-hybridized carbons (Fsp3) is 0.500. The normalized spacial score (nSPS) is 21.4. The molecule has 0 saturated carbocycles. The number of halogens is 1. The molecule has 2 aliphatic heterocycles. The fourth-order valence-electron chi connectivity index (χ4n) is 3.31. The number of rotatable bonds is 6. The second-order valence-electron chi connectivity index (χ2n) is 6.76. The zero-order valence-corrected chi connectivity index (χ0v) is 16.8. The number of pyridine rings is 1. The van der Waals surface area contributed by atoms with E-state index in [4.69, 9.17) is 9.72 Å². The van der Waals surface area contributed by atoms with Gasteiger partial charge < -0.3 is 20.3 Å². The maximum absolute atomic E-state index is 12.0. The first-order valence-electron chi connectivity index (χ1n) is 8.94. The van der Waals surface area contributed by atoms with Crippen molar-refractivity contribution in [2.24, 2.45) is 5.92 Å². The SMILES string of the molecule is COC[C@@H]1CCN(c2cccc(-c3csc(NC(=O)[C@@H]4CCN4)n3)n2)C1.Cl. The van der Waals surface area contributed by atoms with Crippen LogP contribution in [0, 0.1) is 5.92 Å². The number of carbonyl (C=O) groups is 1. The maximum Gasteiger partial charge on any atom is 0.243 e. The number of carbonyl (C=O) groups excluding carboxylic acids is 1. The number of anilines is 2. The zero-order chi connectivity index (χ0) is 17.9. The van der Waals surface area contributed by atoms with Crippen molar-refractivity contribution >= 4 is 40.6 Å². The Morgan fingerprint density at radius 1 is 1.37 bits per heavy atom. The lowest BCUT2D eigenvalue weighted by atomic mass is 10.1. The molecule has 0 radical (unpaired) electrons. The van der Waals surface area contributed by atoms with Crippen molar-refractivity contribution in [2.45, 2.75) is 18.9 Å². The van der Waals surface area contributed by atoms with Gasteiger partial charge in [-0.25, -0.2) is 9.97 Å². The van der Waals surface area contributed by atoms with Crippen molar-refractivity contribution in [3.05, 3.63) is 23.6 Å². The number of ether oxygens (including phenoxy) is 1. The Morgan fingerprint density at radius 3 is 2.96 bits per heavy atom. The van der Waals surface area contributed by atoms with Gasteiger partial charge in [0.15, 0.2) is 5.13 Å². The van der Waals surface area contributed by atoms with Crippen molar-refractivity contribution in [1.82, 2.24) is 15.3 Å². The molecule has 27 heavy (non-hydrogen) atoms. The Hall–Kier alpha value is -1.74. The first-order valence-corrected chi connectivity index (χ1v) is 9.82. The predicted octanol–water partition coefficient (Wildman–Crippen LogP) is 2.40. The molecular formula is C18H24ClN5O2S. The zero-order valence-electron chi connectivity index (χ0n) is 15.2. The van der Waals surface area contributed by atoms with E-state index in [0.717, 1.165) is 56.3 Å². The van der Waals surface area contributed by atoms with Crippen LogP contribution in [-0.2, 0) is 9.53 Å². The van der Waals surface area contributed by atoms with E-state index in [2.05, 4.69) is 20.5 Å². The number of nitrogens with zero attached hydrogens (tertiary/aromatic N) is 3. The lowest BCUT2D eigenvalue weighted by molar-refractivity contribution is -0.119. The van der Waals surface area contributed by atoms with Gasteiger partial charge in [-0.05, 0) is 31.5 Å². The van der Waals surface area contributed by atoms with Crippen LogP contribution in [0.25, 0.3) is 11.4 Å². The third-order valence-corrected chi connectivity index (χ3v) is 5.64. The molecule has 2 atom stereocenters.